The molecule has 23 heavy (non-hydrogen) atoms. The van der Waals surface area contributed by atoms with Crippen molar-refractivity contribution >= 4 is 29.3 Å². The van der Waals surface area contributed by atoms with Crippen LogP contribution >= 0.6 is 23.4 Å². The van der Waals surface area contributed by atoms with Crippen LogP contribution in [0.25, 0.3) is 11.5 Å². The van der Waals surface area contributed by atoms with E-state index >= 15 is 0 Å². The minimum atomic E-state index is -0.121. The second kappa shape index (κ2) is 8.41. The summed E-state index contributed by atoms with van der Waals surface area (Å²) in [5.74, 6) is 1.71. The smallest absolute Gasteiger partial charge is 0.232 e. The van der Waals surface area contributed by atoms with E-state index in [1.807, 2.05) is 19.1 Å². The van der Waals surface area contributed by atoms with E-state index in [0.717, 1.165) is 11.3 Å². The number of amides is 1. The molecule has 0 spiro atoms. The topological polar surface area (TPSA) is 55.1 Å². The van der Waals surface area contributed by atoms with Gasteiger partial charge in [0.05, 0.1) is 10.9 Å². The lowest BCUT2D eigenvalue weighted by atomic mass is 10.2. The Balaban J connectivity index is 1.87. The largest absolute Gasteiger partial charge is 0.444 e. The second-order valence-corrected chi connectivity index (χ2v) is 7.51. The highest BCUT2D eigenvalue weighted by Crippen LogP contribution is 2.23. The zero-order valence-corrected chi connectivity index (χ0v) is 15.1. The molecule has 0 radical (unpaired) electrons. The molecule has 1 heterocycles. The van der Waals surface area contributed by atoms with E-state index < -0.39 is 0 Å². The average molecular weight is 353 g/mol. The average Bonchev–Trinajstić information content (AvgIpc) is 2.99. The maximum Gasteiger partial charge on any atom is 0.232 e. The summed E-state index contributed by atoms with van der Waals surface area (Å²) in [5.41, 5.74) is 1.71. The van der Waals surface area contributed by atoms with Crippen LogP contribution in [0.3, 0.4) is 0 Å². The fourth-order valence-corrected chi connectivity index (χ4v) is 2.75. The molecular weight excluding hydrogens is 332 g/mol. The first-order valence-electron chi connectivity index (χ1n) is 7.55. The fourth-order valence-electron chi connectivity index (χ4n) is 1.83. The zero-order valence-electron chi connectivity index (χ0n) is 13.5. The molecule has 2 aromatic rings. The van der Waals surface area contributed by atoms with Gasteiger partial charge in [-0.05, 0) is 37.1 Å². The van der Waals surface area contributed by atoms with Gasteiger partial charge in [0.2, 0.25) is 11.8 Å². The molecule has 0 saturated heterocycles. The normalized spacial score (nSPS) is 12.4. The quantitative estimate of drug-likeness (QED) is 0.803. The molecule has 1 amide bonds. The molecule has 0 aliphatic heterocycles. The van der Waals surface area contributed by atoms with Crippen LogP contribution in [0.1, 0.15) is 26.5 Å². The van der Waals surface area contributed by atoms with Crippen LogP contribution in [0.2, 0.25) is 5.02 Å². The van der Waals surface area contributed by atoms with Crippen LogP contribution in [0.5, 0.6) is 0 Å². The lowest BCUT2D eigenvalue weighted by molar-refractivity contribution is -0.120. The predicted octanol–water partition coefficient (Wildman–Crippen LogP) is 4.39. The zero-order chi connectivity index (χ0) is 16.8. The molecule has 2 rings (SSSR count). The molecule has 0 bridgehead atoms. The molecule has 4 nitrogen and oxygen atoms in total. The lowest BCUT2D eigenvalue weighted by Crippen LogP contribution is -2.33. The summed E-state index contributed by atoms with van der Waals surface area (Å²) in [5, 5.41) is 3.50. The number of aromatic nitrogens is 1. The number of carbonyl (C=O) groups is 1. The van der Waals surface area contributed by atoms with Crippen LogP contribution in [0.15, 0.2) is 34.9 Å². The van der Waals surface area contributed by atoms with Gasteiger partial charge in [-0.15, -0.1) is 11.8 Å². The first kappa shape index (κ1) is 17.9. The predicted molar refractivity (Wildman–Crippen MR) is 95.6 cm³/mol. The molecule has 1 aromatic carbocycles. The Hall–Kier alpha value is -1.46. The Labute approximate surface area is 146 Å². The van der Waals surface area contributed by atoms with Crippen molar-refractivity contribution in [3.8, 4) is 11.5 Å². The van der Waals surface area contributed by atoms with Crippen molar-refractivity contribution in [3.05, 3.63) is 41.2 Å². The summed E-state index contributed by atoms with van der Waals surface area (Å²) in [7, 11) is 0. The SMILES string of the molecule is CC(C)CNC(=O)[C@H](C)SCc1coc(-c2ccc(Cl)cc2)n1. The van der Waals surface area contributed by atoms with E-state index in [1.54, 1.807) is 30.2 Å². The third kappa shape index (κ3) is 5.59. The molecule has 1 N–H and O–H groups in total. The summed E-state index contributed by atoms with van der Waals surface area (Å²) < 4.78 is 5.49. The Morgan fingerprint density at radius 1 is 1.30 bits per heavy atom. The molecule has 0 aliphatic carbocycles. The van der Waals surface area contributed by atoms with E-state index in [1.165, 1.54) is 0 Å². The minimum Gasteiger partial charge on any atom is -0.444 e. The number of thioether (sulfide) groups is 1. The number of hydrogen-bond acceptors (Lipinski definition) is 4. The first-order chi connectivity index (χ1) is 11.0. The van der Waals surface area contributed by atoms with Gasteiger partial charge in [0, 0.05) is 22.9 Å². The number of nitrogens with zero attached hydrogens (tertiary/aromatic N) is 1. The van der Waals surface area contributed by atoms with Crippen molar-refractivity contribution in [1.82, 2.24) is 10.3 Å². The summed E-state index contributed by atoms with van der Waals surface area (Å²) >= 11 is 7.42. The molecule has 6 heteroatoms. The summed E-state index contributed by atoms with van der Waals surface area (Å²) in [6.45, 7) is 6.76. The Morgan fingerprint density at radius 2 is 2.00 bits per heavy atom. The van der Waals surface area contributed by atoms with Crippen LogP contribution < -0.4 is 5.32 Å². The van der Waals surface area contributed by atoms with E-state index in [2.05, 4.69) is 24.1 Å². The summed E-state index contributed by atoms with van der Waals surface area (Å²) in [6.07, 6.45) is 1.63. The number of oxazole rings is 1. The number of rotatable bonds is 7. The number of halogens is 1. The lowest BCUT2D eigenvalue weighted by Gasteiger charge is -2.12. The molecule has 0 fully saturated rings. The van der Waals surface area contributed by atoms with Crippen molar-refractivity contribution < 1.29 is 9.21 Å². The van der Waals surface area contributed by atoms with Gasteiger partial charge in [-0.3, -0.25) is 4.79 Å². The van der Waals surface area contributed by atoms with Crippen molar-refractivity contribution in [2.24, 2.45) is 5.92 Å². The number of hydrogen-bond donors (Lipinski definition) is 1. The number of benzene rings is 1. The fraction of sp³-hybridized carbons (Fsp3) is 0.412. The maximum absolute atomic E-state index is 11.9. The second-order valence-electron chi connectivity index (χ2n) is 5.74. The van der Waals surface area contributed by atoms with E-state index in [4.69, 9.17) is 16.0 Å². The van der Waals surface area contributed by atoms with Gasteiger partial charge in [-0.2, -0.15) is 0 Å². The van der Waals surface area contributed by atoms with Gasteiger partial charge < -0.3 is 9.73 Å². The Kier molecular flexibility index (Phi) is 6.54. The summed E-state index contributed by atoms with van der Waals surface area (Å²) in [4.78, 5) is 16.4. The van der Waals surface area contributed by atoms with E-state index in [0.29, 0.717) is 29.1 Å². The maximum atomic E-state index is 11.9. The highest BCUT2D eigenvalue weighted by molar-refractivity contribution is 7.99. The molecule has 0 saturated carbocycles. The molecule has 0 aliphatic rings. The third-order valence-electron chi connectivity index (χ3n) is 3.18. The van der Waals surface area contributed by atoms with Crippen LogP contribution in [-0.4, -0.2) is 22.7 Å². The van der Waals surface area contributed by atoms with Gasteiger partial charge in [0.25, 0.3) is 0 Å². The van der Waals surface area contributed by atoms with Crippen molar-refractivity contribution in [3.63, 3.8) is 0 Å². The van der Waals surface area contributed by atoms with Gasteiger partial charge in [0.1, 0.15) is 6.26 Å². The Morgan fingerprint density at radius 3 is 2.65 bits per heavy atom. The van der Waals surface area contributed by atoms with Gasteiger partial charge >= 0.3 is 0 Å². The molecule has 1 aromatic heterocycles. The molecule has 0 unspecified atom stereocenters. The Bertz CT molecular complexity index is 640. The van der Waals surface area contributed by atoms with Crippen molar-refractivity contribution in [2.45, 2.75) is 31.8 Å². The molecule has 124 valence electrons. The first-order valence-corrected chi connectivity index (χ1v) is 8.98. The molecule has 1 atom stereocenters. The molecular formula is C17H21ClN2O2S. The minimum absolute atomic E-state index is 0.0603. The number of nitrogens with one attached hydrogen (secondary N) is 1. The number of carbonyl (C=O) groups excluding carboxylic acids is 1. The standard InChI is InChI=1S/C17H21ClN2O2S/c1-11(2)8-19-16(21)12(3)23-10-15-9-22-17(20-15)13-4-6-14(18)7-5-13/h4-7,9,11-12H,8,10H2,1-3H3,(H,19,21)/t12-/m0/s1. The van der Waals surface area contributed by atoms with Crippen molar-refractivity contribution in [2.75, 3.05) is 6.54 Å². The summed E-state index contributed by atoms with van der Waals surface area (Å²) in [6, 6.07) is 7.34. The highest BCUT2D eigenvalue weighted by atomic mass is 35.5. The third-order valence-corrected chi connectivity index (χ3v) is 4.61. The van der Waals surface area contributed by atoms with Gasteiger partial charge in [-0.1, -0.05) is 25.4 Å². The van der Waals surface area contributed by atoms with Crippen LogP contribution in [0, 0.1) is 5.92 Å². The van der Waals surface area contributed by atoms with Crippen LogP contribution in [0.4, 0.5) is 0 Å². The van der Waals surface area contributed by atoms with E-state index in [-0.39, 0.29) is 11.2 Å². The highest BCUT2D eigenvalue weighted by Gasteiger charge is 2.15. The van der Waals surface area contributed by atoms with E-state index in [9.17, 15) is 4.79 Å². The van der Waals surface area contributed by atoms with Gasteiger partial charge in [-0.25, -0.2) is 4.98 Å². The monoisotopic (exact) mass is 352 g/mol. The van der Waals surface area contributed by atoms with Gasteiger partial charge in [0.15, 0.2) is 0 Å². The van der Waals surface area contributed by atoms with Crippen LogP contribution in [-0.2, 0) is 10.5 Å². The van der Waals surface area contributed by atoms with Crippen molar-refractivity contribution in [1.29, 1.82) is 0 Å².